The van der Waals surface area contributed by atoms with Gasteiger partial charge < -0.3 is 21.7 Å². The molecule has 0 aliphatic heterocycles. The second-order valence-corrected chi connectivity index (χ2v) is 3.43. The summed E-state index contributed by atoms with van der Waals surface area (Å²) in [5.41, 5.74) is 9.85. The topological polar surface area (TPSA) is 110 Å². The van der Waals surface area contributed by atoms with Crippen LogP contribution in [-0.2, 0) is 4.79 Å². The smallest absolute Gasteiger partial charge is 0.220 e. The van der Waals surface area contributed by atoms with Crippen LogP contribution in [0.1, 0.15) is 18.1 Å². The lowest BCUT2D eigenvalue weighted by molar-refractivity contribution is -0.121. The molecule has 1 amide bonds. The molecular weight excluding hydrogens is 215 g/mol. The van der Waals surface area contributed by atoms with Crippen LogP contribution in [0.5, 0.6) is 0 Å². The molecule has 16 heavy (non-hydrogen) atoms. The monoisotopic (exact) mass is 228 g/mol. The van der Waals surface area contributed by atoms with Gasteiger partial charge in [-0.3, -0.25) is 4.79 Å². The van der Waals surface area contributed by atoms with Crippen molar-refractivity contribution in [3.05, 3.63) is 29.6 Å². The Morgan fingerprint density at radius 1 is 1.44 bits per heavy atom. The zero-order chi connectivity index (χ0) is 12.3. The summed E-state index contributed by atoms with van der Waals surface area (Å²) in [5.74, 6) is -1.59. The van der Waals surface area contributed by atoms with Gasteiger partial charge in [-0.05, 0) is 6.07 Å². The van der Waals surface area contributed by atoms with E-state index in [0.717, 1.165) is 0 Å². The minimum atomic E-state index is -1.53. The number of primary amides is 1. The summed E-state index contributed by atoms with van der Waals surface area (Å²) in [6.45, 7) is 0. The van der Waals surface area contributed by atoms with E-state index >= 15 is 0 Å². The first-order chi connectivity index (χ1) is 7.43. The van der Waals surface area contributed by atoms with Gasteiger partial charge in [0.15, 0.2) is 5.82 Å². The fraction of sp³-hybridized carbons (Fsp3) is 0.300. The van der Waals surface area contributed by atoms with Gasteiger partial charge in [0.1, 0.15) is 6.10 Å². The van der Waals surface area contributed by atoms with E-state index < -0.39 is 30.4 Å². The van der Waals surface area contributed by atoms with E-state index in [-0.39, 0.29) is 11.3 Å². The summed E-state index contributed by atoms with van der Waals surface area (Å²) >= 11 is 0. The summed E-state index contributed by atoms with van der Waals surface area (Å²) in [4.78, 5) is 10.5. The third-order valence-corrected chi connectivity index (χ3v) is 2.15. The van der Waals surface area contributed by atoms with Crippen molar-refractivity contribution in [1.82, 2.24) is 0 Å². The molecule has 88 valence electrons. The molecule has 6 N–H and O–H groups in total. The summed E-state index contributed by atoms with van der Waals surface area (Å²) in [6, 6.07) is 4.04. The number of hydrogen-bond acceptors (Lipinski definition) is 4. The van der Waals surface area contributed by atoms with Gasteiger partial charge in [-0.2, -0.15) is 0 Å². The lowest BCUT2D eigenvalue weighted by atomic mass is 10.0. The fourth-order valence-electron chi connectivity index (χ4n) is 1.32. The van der Waals surface area contributed by atoms with Crippen LogP contribution in [0.3, 0.4) is 0 Å². The molecule has 0 aliphatic rings. The molecule has 0 heterocycles. The quantitative estimate of drug-likeness (QED) is 0.529. The molecule has 5 nitrogen and oxygen atoms in total. The Bertz CT molecular complexity index is 398. The third kappa shape index (κ3) is 2.68. The van der Waals surface area contributed by atoms with Gasteiger partial charge in [0.05, 0.1) is 18.2 Å². The molecule has 1 aromatic rings. The molecule has 1 aromatic carbocycles. The van der Waals surface area contributed by atoms with Crippen LogP contribution in [0, 0.1) is 5.82 Å². The molecule has 0 spiro atoms. The molecule has 6 heteroatoms. The molecule has 0 saturated heterocycles. The van der Waals surface area contributed by atoms with Crippen LogP contribution in [0.2, 0.25) is 0 Å². The van der Waals surface area contributed by atoms with Gasteiger partial charge in [0.25, 0.3) is 0 Å². The second-order valence-electron chi connectivity index (χ2n) is 3.43. The zero-order valence-corrected chi connectivity index (χ0v) is 8.43. The van der Waals surface area contributed by atoms with Gasteiger partial charge in [0, 0.05) is 5.56 Å². The van der Waals surface area contributed by atoms with E-state index in [0.29, 0.717) is 0 Å². The van der Waals surface area contributed by atoms with E-state index in [1.54, 1.807) is 0 Å². The SMILES string of the molecule is NC(=O)CC(O)C(O)c1cccc(N)c1F. The lowest BCUT2D eigenvalue weighted by Crippen LogP contribution is -2.26. The maximum atomic E-state index is 13.4. The molecule has 0 fully saturated rings. The zero-order valence-electron chi connectivity index (χ0n) is 8.43. The number of amides is 1. The number of halogens is 1. The molecule has 2 unspecified atom stereocenters. The molecule has 0 aromatic heterocycles. The number of carbonyl (C=O) groups excluding carboxylic acids is 1. The van der Waals surface area contributed by atoms with Crippen LogP contribution < -0.4 is 11.5 Å². The molecular formula is C10H13FN2O3. The van der Waals surface area contributed by atoms with Crippen LogP contribution in [-0.4, -0.2) is 22.2 Å². The number of nitrogen functional groups attached to an aromatic ring is 1. The van der Waals surface area contributed by atoms with Crippen LogP contribution in [0.15, 0.2) is 18.2 Å². The number of nitrogens with two attached hydrogens (primary N) is 2. The predicted octanol–water partition coefficient (Wildman–Crippen LogP) is -0.322. The molecule has 0 aliphatic carbocycles. The standard InChI is InChI=1S/C10H13FN2O3/c11-9-5(2-1-3-6(9)12)10(16)7(14)4-8(13)15/h1-3,7,10,14,16H,4,12H2,(H2,13,15). The molecule has 0 radical (unpaired) electrons. The molecule has 0 saturated carbocycles. The van der Waals surface area contributed by atoms with Gasteiger partial charge in [-0.15, -0.1) is 0 Å². The largest absolute Gasteiger partial charge is 0.396 e. The molecule has 1 rings (SSSR count). The van der Waals surface area contributed by atoms with Gasteiger partial charge in [0.2, 0.25) is 5.91 Å². The van der Waals surface area contributed by atoms with E-state index in [1.165, 1.54) is 18.2 Å². The van der Waals surface area contributed by atoms with E-state index in [4.69, 9.17) is 11.5 Å². The van der Waals surface area contributed by atoms with E-state index in [2.05, 4.69) is 0 Å². The summed E-state index contributed by atoms with van der Waals surface area (Å²) in [5, 5.41) is 19.0. The minimum Gasteiger partial charge on any atom is -0.396 e. The highest BCUT2D eigenvalue weighted by atomic mass is 19.1. The molecule has 0 bridgehead atoms. The fourth-order valence-corrected chi connectivity index (χ4v) is 1.32. The normalized spacial score (nSPS) is 14.4. The highest BCUT2D eigenvalue weighted by Crippen LogP contribution is 2.24. The number of aliphatic hydroxyl groups excluding tert-OH is 2. The average molecular weight is 228 g/mol. The van der Waals surface area contributed by atoms with Crippen molar-refractivity contribution in [1.29, 1.82) is 0 Å². The van der Waals surface area contributed by atoms with Gasteiger partial charge >= 0.3 is 0 Å². The highest BCUT2D eigenvalue weighted by Gasteiger charge is 2.23. The number of benzene rings is 1. The Kier molecular flexibility index (Phi) is 3.81. The maximum Gasteiger partial charge on any atom is 0.220 e. The predicted molar refractivity (Wildman–Crippen MR) is 55.6 cm³/mol. The first kappa shape index (κ1) is 12.4. The van der Waals surface area contributed by atoms with Crippen molar-refractivity contribution >= 4 is 11.6 Å². The Labute approximate surface area is 91.5 Å². The van der Waals surface area contributed by atoms with Crippen molar-refractivity contribution in [3.63, 3.8) is 0 Å². The van der Waals surface area contributed by atoms with Crippen molar-refractivity contribution in [2.75, 3.05) is 5.73 Å². The van der Waals surface area contributed by atoms with E-state index in [9.17, 15) is 19.4 Å². The molecule has 2 atom stereocenters. The average Bonchev–Trinajstić information content (AvgIpc) is 2.20. The van der Waals surface area contributed by atoms with Crippen molar-refractivity contribution in [2.45, 2.75) is 18.6 Å². The maximum absolute atomic E-state index is 13.4. The Morgan fingerprint density at radius 2 is 2.06 bits per heavy atom. The summed E-state index contributed by atoms with van der Waals surface area (Å²) < 4.78 is 13.4. The van der Waals surface area contributed by atoms with Crippen LogP contribution in [0.4, 0.5) is 10.1 Å². The van der Waals surface area contributed by atoms with Crippen LogP contribution >= 0.6 is 0 Å². The Morgan fingerprint density at radius 3 is 2.62 bits per heavy atom. The van der Waals surface area contributed by atoms with Crippen molar-refractivity contribution in [2.24, 2.45) is 5.73 Å². The Hall–Kier alpha value is -1.66. The first-order valence-corrected chi connectivity index (χ1v) is 4.61. The number of anilines is 1. The minimum absolute atomic E-state index is 0.136. The third-order valence-electron chi connectivity index (χ3n) is 2.15. The first-order valence-electron chi connectivity index (χ1n) is 4.61. The highest BCUT2D eigenvalue weighted by molar-refractivity contribution is 5.74. The Balaban J connectivity index is 2.91. The number of rotatable bonds is 4. The number of aliphatic hydroxyl groups is 2. The van der Waals surface area contributed by atoms with Crippen molar-refractivity contribution in [3.8, 4) is 0 Å². The summed E-state index contributed by atoms with van der Waals surface area (Å²) in [6.07, 6.45) is -3.43. The summed E-state index contributed by atoms with van der Waals surface area (Å²) in [7, 11) is 0. The second kappa shape index (κ2) is 4.91. The number of hydrogen-bond donors (Lipinski definition) is 4. The lowest BCUT2D eigenvalue weighted by Gasteiger charge is -2.17. The van der Waals surface area contributed by atoms with Crippen molar-refractivity contribution < 1.29 is 19.4 Å². The van der Waals surface area contributed by atoms with Gasteiger partial charge in [-0.1, -0.05) is 12.1 Å². The van der Waals surface area contributed by atoms with Crippen LogP contribution in [0.25, 0.3) is 0 Å². The number of carbonyl (C=O) groups is 1. The van der Waals surface area contributed by atoms with Gasteiger partial charge in [-0.25, -0.2) is 4.39 Å². The van der Waals surface area contributed by atoms with E-state index in [1.807, 2.05) is 0 Å².